The Labute approximate surface area is 131 Å². The van der Waals surface area contributed by atoms with Crippen LogP contribution in [0.1, 0.15) is 6.42 Å². The number of benzene rings is 1. The predicted molar refractivity (Wildman–Crippen MR) is 82.8 cm³/mol. The second-order valence-corrected chi connectivity index (χ2v) is 8.22. The van der Waals surface area contributed by atoms with Crippen LogP contribution in [0.15, 0.2) is 12.1 Å². The maximum atomic E-state index is 13.7. The lowest BCUT2D eigenvalue weighted by Gasteiger charge is -2.19. The first-order chi connectivity index (χ1) is 10.3. The van der Waals surface area contributed by atoms with E-state index in [4.69, 9.17) is 0 Å². The highest BCUT2D eigenvalue weighted by Crippen LogP contribution is 2.31. The minimum Gasteiger partial charge on any atom is -0.347 e. The Morgan fingerprint density at radius 1 is 1.18 bits per heavy atom. The largest absolute Gasteiger partial charge is 0.347 e. The molecular weight excluding hydrogens is 332 g/mol. The lowest BCUT2D eigenvalue weighted by atomic mass is 10.3. The summed E-state index contributed by atoms with van der Waals surface area (Å²) in [6.07, 6.45) is 1.86. The van der Waals surface area contributed by atoms with Crippen LogP contribution in [-0.2, 0) is 10.0 Å². The highest BCUT2D eigenvalue weighted by molar-refractivity contribution is 7.88. The monoisotopic (exact) mass is 347 g/mol. The van der Waals surface area contributed by atoms with E-state index in [0.29, 0.717) is 42.4 Å². The molecule has 3 rings (SSSR count). The van der Waals surface area contributed by atoms with Crippen LogP contribution in [0.5, 0.6) is 0 Å². The van der Waals surface area contributed by atoms with E-state index in [1.807, 2.05) is 4.90 Å². The van der Waals surface area contributed by atoms with E-state index >= 15 is 0 Å². The Morgan fingerprint density at radius 2 is 1.95 bits per heavy atom. The Balaban J connectivity index is 1.87. The number of fused-ring (bicyclic) bond motifs is 1. The quantitative estimate of drug-likeness (QED) is 0.834. The van der Waals surface area contributed by atoms with Crippen molar-refractivity contribution in [2.45, 2.75) is 6.42 Å². The van der Waals surface area contributed by atoms with Crippen molar-refractivity contribution < 1.29 is 17.2 Å². The number of aromatic nitrogens is 1. The summed E-state index contributed by atoms with van der Waals surface area (Å²) in [5.41, 5.74) is 0.158. The van der Waals surface area contributed by atoms with Gasteiger partial charge in [0.05, 0.1) is 11.0 Å². The van der Waals surface area contributed by atoms with Crippen molar-refractivity contribution in [1.82, 2.24) is 9.29 Å². The number of hydrogen-bond donors (Lipinski definition) is 0. The van der Waals surface area contributed by atoms with Crippen molar-refractivity contribution in [2.24, 2.45) is 0 Å². The van der Waals surface area contributed by atoms with Gasteiger partial charge < -0.3 is 4.90 Å². The Kier molecular flexibility index (Phi) is 4.04. The van der Waals surface area contributed by atoms with Crippen molar-refractivity contribution in [2.75, 3.05) is 37.3 Å². The highest BCUT2D eigenvalue weighted by Gasteiger charge is 2.23. The molecule has 2 heterocycles. The average Bonchev–Trinajstić information content (AvgIpc) is 2.68. The molecule has 0 bridgehead atoms. The van der Waals surface area contributed by atoms with Gasteiger partial charge in [-0.3, -0.25) is 0 Å². The molecule has 22 heavy (non-hydrogen) atoms. The molecule has 0 N–H and O–H groups in total. The number of thiazole rings is 1. The van der Waals surface area contributed by atoms with Gasteiger partial charge in [-0.15, -0.1) is 0 Å². The fourth-order valence-corrected chi connectivity index (χ4v) is 4.43. The Hall–Kier alpha value is -1.32. The maximum Gasteiger partial charge on any atom is 0.211 e. The summed E-state index contributed by atoms with van der Waals surface area (Å²) >= 11 is 1.22. The maximum absolute atomic E-state index is 13.7. The fourth-order valence-electron chi connectivity index (χ4n) is 2.50. The number of rotatable bonds is 2. The minimum atomic E-state index is -3.21. The molecule has 1 aliphatic heterocycles. The zero-order chi connectivity index (χ0) is 15.9. The fraction of sp³-hybridized carbons (Fsp3) is 0.462. The van der Waals surface area contributed by atoms with Crippen LogP contribution < -0.4 is 4.90 Å². The number of halogens is 2. The van der Waals surface area contributed by atoms with Gasteiger partial charge in [-0.05, 0) is 12.5 Å². The minimum absolute atomic E-state index is 0.158. The molecule has 1 aliphatic rings. The molecule has 5 nitrogen and oxygen atoms in total. The first kappa shape index (κ1) is 15.6. The van der Waals surface area contributed by atoms with E-state index in [-0.39, 0.29) is 5.52 Å². The van der Waals surface area contributed by atoms with Crippen LogP contribution >= 0.6 is 11.3 Å². The molecule has 1 saturated heterocycles. The molecule has 0 aliphatic carbocycles. The van der Waals surface area contributed by atoms with E-state index in [1.165, 1.54) is 28.0 Å². The van der Waals surface area contributed by atoms with Crippen LogP contribution in [0.25, 0.3) is 10.2 Å². The number of nitrogens with zero attached hydrogens (tertiary/aromatic N) is 3. The third kappa shape index (κ3) is 3.06. The van der Waals surface area contributed by atoms with Crippen LogP contribution in [-0.4, -0.2) is 50.1 Å². The molecule has 120 valence electrons. The third-order valence-corrected chi connectivity index (χ3v) is 5.96. The molecule has 9 heteroatoms. The van der Waals surface area contributed by atoms with Gasteiger partial charge in [0.1, 0.15) is 11.3 Å². The molecule has 0 radical (unpaired) electrons. The molecule has 1 fully saturated rings. The third-order valence-electron chi connectivity index (χ3n) is 3.60. The van der Waals surface area contributed by atoms with E-state index in [1.54, 1.807) is 0 Å². The summed E-state index contributed by atoms with van der Waals surface area (Å²) in [5, 5.41) is 0.592. The van der Waals surface area contributed by atoms with Crippen LogP contribution in [0.2, 0.25) is 0 Å². The predicted octanol–water partition coefficient (Wildman–Crippen LogP) is 2.05. The topological polar surface area (TPSA) is 53.5 Å². The van der Waals surface area contributed by atoms with Gasteiger partial charge in [-0.1, -0.05) is 11.3 Å². The zero-order valence-corrected chi connectivity index (χ0v) is 13.6. The zero-order valence-electron chi connectivity index (χ0n) is 11.9. The van der Waals surface area contributed by atoms with Crippen molar-refractivity contribution in [3.63, 3.8) is 0 Å². The molecular formula is C13H15F2N3O2S2. The molecule has 0 unspecified atom stereocenters. The van der Waals surface area contributed by atoms with Gasteiger partial charge >= 0.3 is 0 Å². The van der Waals surface area contributed by atoms with Gasteiger partial charge in [0.25, 0.3) is 0 Å². The lowest BCUT2D eigenvalue weighted by Crippen LogP contribution is -2.34. The highest BCUT2D eigenvalue weighted by atomic mass is 32.2. The second-order valence-electron chi connectivity index (χ2n) is 5.23. The summed E-state index contributed by atoms with van der Waals surface area (Å²) in [6, 6.07) is 2.08. The molecule has 0 amide bonds. The van der Waals surface area contributed by atoms with E-state index in [9.17, 15) is 17.2 Å². The SMILES string of the molecule is CS(=O)(=O)N1CCCN(c2nc3c(F)cc(F)cc3s2)CC1. The standard InChI is InChI=1S/C13H15F2N3O2S2/c1-22(19,20)18-4-2-3-17(5-6-18)13-16-12-10(15)7-9(14)8-11(12)21-13/h7-8H,2-6H2,1H3. The molecule has 2 aromatic rings. The van der Waals surface area contributed by atoms with Gasteiger partial charge in [0.2, 0.25) is 10.0 Å². The van der Waals surface area contributed by atoms with Crippen molar-refractivity contribution >= 4 is 36.7 Å². The Bertz CT molecular complexity index is 807. The lowest BCUT2D eigenvalue weighted by molar-refractivity contribution is 0.437. The number of sulfonamides is 1. The molecule has 0 atom stereocenters. The van der Waals surface area contributed by atoms with Crippen LogP contribution in [0.4, 0.5) is 13.9 Å². The summed E-state index contributed by atoms with van der Waals surface area (Å²) < 4.78 is 52.1. The van der Waals surface area contributed by atoms with Gasteiger partial charge in [0, 0.05) is 32.2 Å². The summed E-state index contributed by atoms with van der Waals surface area (Å²) in [7, 11) is -3.21. The molecule has 0 spiro atoms. The first-order valence-electron chi connectivity index (χ1n) is 6.80. The summed E-state index contributed by atoms with van der Waals surface area (Å²) in [5.74, 6) is -1.30. The average molecular weight is 347 g/mol. The van der Waals surface area contributed by atoms with Crippen LogP contribution in [0, 0.1) is 11.6 Å². The molecule has 0 saturated carbocycles. The van der Waals surface area contributed by atoms with Crippen molar-refractivity contribution in [3.8, 4) is 0 Å². The smallest absolute Gasteiger partial charge is 0.211 e. The number of anilines is 1. The molecule has 1 aromatic heterocycles. The van der Waals surface area contributed by atoms with Gasteiger partial charge in [-0.2, -0.15) is 0 Å². The first-order valence-corrected chi connectivity index (χ1v) is 9.47. The van der Waals surface area contributed by atoms with Crippen molar-refractivity contribution in [3.05, 3.63) is 23.8 Å². The second kappa shape index (κ2) is 5.71. The van der Waals surface area contributed by atoms with Crippen LogP contribution in [0.3, 0.4) is 0 Å². The van der Waals surface area contributed by atoms with E-state index in [2.05, 4.69) is 4.98 Å². The summed E-state index contributed by atoms with van der Waals surface area (Å²) in [4.78, 5) is 6.16. The van der Waals surface area contributed by atoms with Gasteiger partial charge in [-0.25, -0.2) is 26.5 Å². The Morgan fingerprint density at radius 3 is 2.68 bits per heavy atom. The van der Waals surface area contributed by atoms with E-state index < -0.39 is 21.7 Å². The van der Waals surface area contributed by atoms with Crippen molar-refractivity contribution in [1.29, 1.82) is 0 Å². The summed E-state index contributed by atoms with van der Waals surface area (Å²) in [6.45, 7) is 1.95. The van der Waals surface area contributed by atoms with Gasteiger partial charge in [0.15, 0.2) is 10.9 Å². The molecule has 1 aromatic carbocycles. The van der Waals surface area contributed by atoms with E-state index in [0.717, 1.165) is 6.07 Å². The normalized spacial score (nSPS) is 17.9. The number of hydrogen-bond acceptors (Lipinski definition) is 5.